The van der Waals surface area contributed by atoms with Crippen molar-refractivity contribution in [2.45, 2.75) is 12.2 Å². The number of hydrogen-bond donors (Lipinski definition) is 3. The van der Waals surface area contributed by atoms with Crippen LogP contribution in [0.15, 0.2) is 24.3 Å². The summed E-state index contributed by atoms with van der Waals surface area (Å²) in [5, 5.41) is 19.0. The predicted molar refractivity (Wildman–Crippen MR) is 64.0 cm³/mol. The Bertz CT molecular complexity index is 359. The van der Waals surface area contributed by atoms with E-state index in [1.54, 1.807) is 24.3 Å². The van der Waals surface area contributed by atoms with E-state index in [4.69, 9.17) is 29.6 Å². The predicted octanol–water partition coefficient (Wildman–Crippen LogP) is 0.954. The van der Waals surface area contributed by atoms with E-state index < -0.39 is 12.2 Å². The number of aliphatic hydroxyl groups excluding tert-OH is 2. The molecule has 0 aliphatic heterocycles. The topological polar surface area (TPSA) is 66.5 Å². The molecule has 0 spiro atoms. The molecule has 1 aromatic carbocycles. The van der Waals surface area contributed by atoms with Crippen LogP contribution in [0.3, 0.4) is 0 Å². The van der Waals surface area contributed by atoms with Crippen molar-refractivity contribution in [3.8, 4) is 0 Å². The zero-order chi connectivity index (χ0) is 11.4. The highest BCUT2D eigenvalue weighted by molar-refractivity contribution is 7.80. The molecule has 4 N–H and O–H groups in total. The minimum Gasteiger partial charge on any atom is -0.389 e. The number of aliphatic hydroxyl groups is 2. The summed E-state index contributed by atoms with van der Waals surface area (Å²) in [4.78, 5) is 0.254. The van der Waals surface area contributed by atoms with Crippen LogP contribution in [0.5, 0.6) is 0 Å². The lowest BCUT2D eigenvalue weighted by Gasteiger charge is -2.16. The van der Waals surface area contributed by atoms with Gasteiger partial charge in [0.05, 0.1) is 12.0 Å². The third kappa shape index (κ3) is 3.14. The van der Waals surface area contributed by atoms with Gasteiger partial charge in [0.2, 0.25) is 0 Å². The first-order chi connectivity index (χ1) is 7.06. The first kappa shape index (κ1) is 12.4. The number of alkyl halides is 1. The monoisotopic (exact) mass is 245 g/mol. The van der Waals surface area contributed by atoms with Gasteiger partial charge in [-0.05, 0) is 11.6 Å². The van der Waals surface area contributed by atoms with Crippen LogP contribution in [-0.4, -0.2) is 27.2 Å². The molecule has 0 fully saturated rings. The number of benzene rings is 1. The molecule has 82 valence electrons. The number of halogens is 1. The highest BCUT2D eigenvalue weighted by Gasteiger charge is 2.17. The van der Waals surface area contributed by atoms with Crippen molar-refractivity contribution in [3.63, 3.8) is 0 Å². The summed E-state index contributed by atoms with van der Waals surface area (Å²) in [6, 6.07) is 6.78. The zero-order valence-electron chi connectivity index (χ0n) is 7.93. The molecule has 0 amide bonds. The molecular weight excluding hydrogens is 234 g/mol. The van der Waals surface area contributed by atoms with E-state index in [0.29, 0.717) is 11.1 Å². The van der Waals surface area contributed by atoms with Gasteiger partial charge in [-0.2, -0.15) is 0 Å². The Morgan fingerprint density at radius 1 is 1.47 bits per heavy atom. The Labute approximate surface area is 98.5 Å². The molecule has 1 aromatic rings. The van der Waals surface area contributed by atoms with Crippen molar-refractivity contribution < 1.29 is 10.2 Å². The molecule has 15 heavy (non-hydrogen) atoms. The lowest BCUT2D eigenvalue weighted by Crippen LogP contribution is -2.20. The van der Waals surface area contributed by atoms with E-state index in [0.717, 1.165) is 0 Å². The zero-order valence-corrected chi connectivity index (χ0v) is 9.50. The molecule has 0 aliphatic carbocycles. The SMILES string of the molecule is NC(=S)c1cccc(C(O)C(O)CCl)c1. The maximum Gasteiger partial charge on any atom is 0.106 e. The van der Waals surface area contributed by atoms with Crippen LogP contribution < -0.4 is 5.73 Å². The van der Waals surface area contributed by atoms with E-state index in [1.165, 1.54) is 0 Å². The molecular formula is C10H12ClNO2S. The molecule has 0 aliphatic rings. The Balaban J connectivity index is 2.94. The second kappa shape index (κ2) is 5.42. The van der Waals surface area contributed by atoms with Gasteiger partial charge in [-0.25, -0.2) is 0 Å². The van der Waals surface area contributed by atoms with Crippen LogP contribution in [0.25, 0.3) is 0 Å². The van der Waals surface area contributed by atoms with Gasteiger partial charge < -0.3 is 15.9 Å². The quantitative estimate of drug-likeness (QED) is 0.546. The summed E-state index contributed by atoms with van der Waals surface area (Å²) < 4.78 is 0. The van der Waals surface area contributed by atoms with Gasteiger partial charge in [-0.1, -0.05) is 30.4 Å². The molecule has 0 aromatic heterocycles. The molecule has 2 atom stereocenters. The molecule has 1 rings (SSSR count). The van der Waals surface area contributed by atoms with Crippen molar-refractivity contribution >= 4 is 28.8 Å². The average molecular weight is 246 g/mol. The fourth-order valence-electron chi connectivity index (χ4n) is 1.18. The molecule has 0 bridgehead atoms. The fraction of sp³-hybridized carbons (Fsp3) is 0.300. The van der Waals surface area contributed by atoms with Crippen molar-refractivity contribution in [1.29, 1.82) is 0 Å². The molecule has 2 unspecified atom stereocenters. The summed E-state index contributed by atoms with van der Waals surface area (Å²) in [5.41, 5.74) is 6.66. The van der Waals surface area contributed by atoms with E-state index in [2.05, 4.69) is 0 Å². The van der Waals surface area contributed by atoms with Gasteiger partial charge in [0.1, 0.15) is 11.1 Å². The van der Waals surface area contributed by atoms with E-state index in [1.807, 2.05) is 0 Å². The lowest BCUT2D eigenvalue weighted by molar-refractivity contribution is 0.0327. The first-order valence-electron chi connectivity index (χ1n) is 4.38. The van der Waals surface area contributed by atoms with Gasteiger partial charge in [0, 0.05) is 5.56 Å². The van der Waals surface area contributed by atoms with Gasteiger partial charge in [-0.15, -0.1) is 11.6 Å². The number of hydrogen-bond acceptors (Lipinski definition) is 3. The Hall–Kier alpha value is -0.680. The Morgan fingerprint density at radius 2 is 2.13 bits per heavy atom. The smallest absolute Gasteiger partial charge is 0.106 e. The van der Waals surface area contributed by atoms with Crippen molar-refractivity contribution in [2.24, 2.45) is 5.73 Å². The molecule has 5 heteroatoms. The summed E-state index contributed by atoms with van der Waals surface area (Å²) in [6.45, 7) is 0. The van der Waals surface area contributed by atoms with Gasteiger partial charge in [0.15, 0.2) is 0 Å². The summed E-state index contributed by atoms with van der Waals surface area (Å²) in [7, 11) is 0. The first-order valence-corrected chi connectivity index (χ1v) is 5.32. The van der Waals surface area contributed by atoms with Crippen LogP contribution in [0.1, 0.15) is 17.2 Å². The van der Waals surface area contributed by atoms with E-state index >= 15 is 0 Å². The van der Waals surface area contributed by atoms with Crippen molar-refractivity contribution in [3.05, 3.63) is 35.4 Å². The molecule has 0 heterocycles. The van der Waals surface area contributed by atoms with Crippen LogP contribution in [0.2, 0.25) is 0 Å². The Morgan fingerprint density at radius 3 is 2.67 bits per heavy atom. The third-order valence-electron chi connectivity index (χ3n) is 2.04. The normalized spacial score (nSPS) is 14.6. The van der Waals surface area contributed by atoms with Crippen LogP contribution in [0.4, 0.5) is 0 Å². The maximum atomic E-state index is 9.68. The van der Waals surface area contributed by atoms with E-state index in [9.17, 15) is 10.2 Å². The molecule has 3 nitrogen and oxygen atoms in total. The van der Waals surface area contributed by atoms with Crippen molar-refractivity contribution in [2.75, 3.05) is 5.88 Å². The standard InChI is InChI=1S/C10H12ClNO2S/c11-5-8(13)9(14)6-2-1-3-7(4-6)10(12)15/h1-4,8-9,13-14H,5H2,(H2,12,15). The molecule has 0 saturated carbocycles. The van der Waals surface area contributed by atoms with Crippen LogP contribution in [0, 0.1) is 0 Å². The van der Waals surface area contributed by atoms with Crippen LogP contribution >= 0.6 is 23.8 Å². The molecule has 0 saturated heterocycles. The van der Waals surface area contributed by atoms with Crippen LogP contribution in [-0.2, 0) is 0 Å². The minimum atomic E-state index is -1.02. The number of rotatable bonds is 4. The fourth-order valence-corrected chi connectivity index (χ4v) is 1.48. The highest BCUT2D eigenvalue weighted by atomic mass is 35.5. The third-order valence-corrected chi connectivity index (χ3v) is 2.59. The van der Waals surface area contributed by atoms with Gasteiger partial charge >= 0.3 is 0 Å². The summed E-state index contributed by atoms with van der Waals surface area (Å²) in [5.74, 6) is -0.0293. The van der Waals surface area contributed by atoms with Gasteiger partial charge in [0.25, 0.3) is 0 Å². The second-order valence-corrected chi connectivity index (χ2v) is 3.90. The Kier molecular flexibility index (Phi) is 4.47. The number of nitrogens with two attached hydrogens (primary N) is 1. The maximum absolute atomic E-state index is 9.68. The summed E-state index contributed by atoms with van der Waals surface area (Å²) >= 11 is 10.2. The average Bonchev–Trinajstić information content (AvgIpc) is 2.27. The van der Waals surface area contributed by atoms with E-state index in [-0.39, 0.29) is 10.9 Å². The second-order valence-electron chi connectivity index (χ2n) is 3.16. The summed E-state index contributed by atoms with van der Waals surface area (Å²) in [6.07, 6.45) is -2.01. The lowest BCUT2D eigenvalue weighted by atomic mass is 10.0. The molecule has 0 radical (unpaired) electrons. The van der Waals surface area contributed by atoms with Gasteiger partial charge in [-0.3, -0.25) is 0 Å². The van der Waals surface area contributed by atoms with Crippen molar-refractivity contribution in [1.82, 2.24) is 0 Å². The highest BCUT2D eigenvalue weighted by Crippen LogP contribution is 2.18. The minimum absolute atomic E-state index is 0.0293. The largest absolute Gasteiger partial charge is 0.389 e. The number of thiocarbonyl (C=S) groups is 1.